The van der Waals surface area contributed by atoms with Crippen molar-refractivity contribution in [2.24, 2.45) is 0 Å². The number of hydrogen-bond acceptors (Lipinski definition) is 7. The molecule has 1 amide bonds. The van der Waals surface area contributed by atoms with Crippen molar-refractivity contribution in [2.45, 2.75) is 97.9 Å². The summed E-state index contributed by atoms with van der Waals surface area (Å²) in [7, 11) is -2.46. The Hall–Kier alpha value is -3.83. The lowest BCUT2D eigenvalue weighted by Crippen LogP contribution is -2.45. The number of nitrogens with one attached hydrogen (secondary N) is 1. The molecule has 0 fully saturated rings. The van der Waals surface area contributed by atoms with Gasteiger partial charge in [-0.1, -0.05) is 32.9 Å². The van der Waals surface area contributed by atoms with Gasteiger partial charge in [0.05, 0.1) is 36.4 Å². The fourth-order valence-corrected chi connectivity index (χ4v) is 5.66. The lowest BCUT2D eigenvalue weighted by Gasteiger charge is -2.41. The van der Waals surface area contributed by atoms with Gasteiger partial charge in [0.25, 0.3) is 0 Å². The van der Waals surface area contributed by atoms with Crippen LogP contribution < -0.4 is 10.3 Å². The number of phenolic OH excluding ortho intramolecular Hbond substituents is 1. The average Bonchev–Trinajstić information content (AvgIpc) is 2.87. The minimum Gasteiger partial charge on any atom is -0.506 e. The number of ether oxygens (including phenoxy) is 2. The maximum Gasteiger partial charge on any atom is 0.410 e. The Kier molecular flexibility index (Phi) is 10.3. The highest BCUT2D eigenvalue weighted by atomic mass is 28.4. The zero-order chi connectivity index (χ0) is 33.2. The molecule has 0 radical (unpaired) electrons. The number of carboxylic acid groups (broad SMARTS) is 1. The van der Waals surface area contributed by atoms with E-state index in [4.69, 9.17) is 13.9 Å². The first-order chi connectivity index (χ1) is 20.2. The van der Waals surface area contributed by atoms with Crippen molar-refractivity contribution in [3.05, 3.63) is 69.5 Å². The predicted molar refractivity (Wildman–Crippen MR) is 173 cm³/mol. The second-order valence-corrected chi connectivity index (χ2v) is 18.6. The minimum absolute atomic E-state index is 0.0427. The van der Waals surface area contributed by atoms with Gasteiger partial charge >= 0.3 is 12.1 Å². The SMILES string of the molecule is CC(C)Oc1cc(C(=O)O)ccc1CN(CC(O[Si](C)(C)C(C)(C)C)c1ccc(O)c2[nH]c(=O)ccc12)C(=O)OC(C)(C)C. The molecule has 1 aromatic heterocycles. The molecular formula is C33H46N2O8Si. The van der Waals surface area contributed by atoms with Crippen LogP contribution in [-0.4, -0.2) is 58.7 Å². The molecule has 0 aliphatic carbocycles. The van der Waals surface area contributed by atoms with E-state index in [0.717, 1.165) is 0 Å². The number of carboxylic acids is 1. The highest BCUT2D eigenvalue weighted by Crippen LogP contribution is 2.42. The Morgan fingerprint density at radius 3 is 2.23 bits per heavy atom. The van der Waals surface area contributed by atoms with Gasteiger partial charge in [0.15, 0.2) is 8.32 Å². The number of aromatic carboxylic acids is 1. The van der Waals surface area contributed by atoms with E-state index in [0.29, 0.717) is 22.3 Å². The minimum atomic E-state index is -2.46. The average molecular weight is 627 g/mol. The summed E-state index contributed by atoms with van der Waals surface area (Å²) in [5.74, 6) is -0.817. The number of fused-ring (bicyclic) bond motifs is 1. The lowest BCUT2D eigenvalue weighted by atomic mass is 10.0. The van der Waals surface area contributed by atoms with E-state index in [2.05, 4.69) is 38.8 Å². The molecule has 1 heterocycles. The molecule has 240 valence electrons. The van der Waals surface area contributed by atoms with Gasteiger partial charge < -0.3 is 34.0 Å². The van der Waals surface area contributed by atoms with Gasteiger partial charge in [-0.2, -0.15) is 0 Å². The van der Waals surface area contributed by atoms with Gasteiger partial charge in [0, 0.05) is 17.0 Å². The normalized spacial score (nSPS) is 13.2. The molecule has 3 aromatic rings. The van der Waals surface area contributed by atoms with E-state index in [1.807, 2.05) is 13.8 Å². The number of H-pyrrole nitrogens is 1. The maximum atomic E-state index is 13.8. The number of amides is 1. The van der Waals surface area contributed by atoms with Crippen LogP contribution in [0, 0.1) is 0 Å². The molecule has 2 aromatic carbocycles. The number of benzene rings is 2. The molecule has 11 heteroatoms. The van der Waals surface area contributed by atoms with Crippen molar-refractivity contribution >= 4 is 31.3 Å². The molecule has 0 saturated heterocycles. The van der Waals surface area contributed by atoms with Crippen LogP contribution in [-0.2, 0) is 15.7 Å². The van der Waals surface area contributed by atoms with Crippen LogP contribution >= 0.6 is 0 Å². The molecule has 1 atom stereocenters. The van der Waals surface area contributed by atoms with Crippen LogP contribution in [0.3, 0.4) is 0 Å². The van der Waals surface area contributed by atoms with Crippen molar-refractivity contribution < 1.29 is 33.7 Å². The van der Waals surface area contributed by atoms with Gasteiger partial charge in [-0.25, -0.2) is 9.59 Å². The lowest BCUT2D eigenvalue weighted by molar-refractivity contribution is 0.0135. The van der Waals surface area contributed by atoms with E-state index >= 15 is 0 Å². The van der Waals surface area contributed by atoms with Crippen LogP contribution in [0.15, 0.2) is 47.3 Å². The molecule has 0 aliphatic rings. The van der Waals surface area contributed by atoms with Crippen molar-refractivity contribution in [3.63, 3.8) is 0 Å². The number of rotatable bonds is 10. The Balaban J connectivity index is 2.20. The quantitative estimate of drug-likeness (QED) is 0.201. The number of aromatic hydroxyl groups is 1. The number of pyridine rings is 1. The highest BCUT2D eigenvalue weighted by molar-refractivity contribution is 6.74. The standard InChI is InChI=1S/C33H46N2O8Si/c1-20(2)41-26-17-21(30(38)39)11-12-22(26)18-35(31(40)42-32(3,4)5)19-27(43-44(9,10)33(6,7)8)23-13-15-25(36)29-24(23)14-16-28(37)34-29/h11-17,20,27,36H,18-19H2,1-10H3,(H,34,37)(H,38,39). The van der Waals surface area contributed by atoms with E-state index in [9.17, 15) is 24.6 Å². The Bertz CT molecular complexity index is 1570. The monoisotopic (exact) mass is 626 g/mol. The molecule has 1 unspecified atom stereocenters. The second kappa shape index (κ2) is 13.0. The summed E-state index contributed by atoms with van der Waals surface area (Å²) in [5.41, 5.74) is 0.481. The first kappa shape index (κ1) is 34.7. The summed E-state index contributed by atoms with van der Waals surface area (Å²) in [5, 5.41) is 20.6. The van der Waals surface area contributed by atoms with Crippen LogP contribution in [0.25, 0.3) is 10.9 Å². The summed E-state index contributed by atoms with van der Waals surface area (Å²) in [4.78, 5) is 41.9. The van der Waals surface area contributed by atoms with Gasteiger partial charge in [-0.3, -0.25) is 4.79 Å². The van der Waals surface area contributed by atoms with E-state index in [-0.39, 0.29) is 46.6 Å². The zero-order valence-electron chi connectivity index (χ0n) is 27.4. The molecule has 0 saturated carbocycles. The fraction of sp³-hybridized carbons (Fsp3) is 0.485. The molecule has 44 heavy (non-hydrogen) atoms. The number of hydrogen-bond donors (Lipinski definition) is 3. The van der Waals surface area contributed by atoms with E-state index < -0.39 is 32.1 Å². The summed E-state index contributed by atoms with van der Waals surface area (Å²) in [6.07, 6.45) is -1.51. The number of carbonyl (C=O) groups excluding carboxylic acids is 1. The number of aromatic nitrogens is 1. The highest BCUT2D eigenvalue weighted by Gasteiger charge is 2.41. The molecular weight excluding hydrogens is 580 g/mol. The van der Waals surface area contributed by atoms with E-state index in [1.165, 1.54) is 29.2 Å². The molecule has 10 nitrogen and oxygen atoms in total. The zero-order valence-corrected chi connectivity index (χ0v) is 28.4. The molecule has 0 spiro atoms. The Morgan fingerprint density at radius 2 is 1.66 bits per heavy atom. The van der Waals surface area contributed by atoms with Gasteiger partial charge in [-0.15, -0.1) is 0 Å². The number of phenols is 1. The summed E-state index contributed by atoms with van der Waals surface area (Å²) >= 11 is 0. The molecule has 3 rings (SSSR count). The molecule has 0 bridgehead atoms. The van der Waals surface area contributed by atoms with Crippen LogP contribution in [0.5, 0.6) is 11.5 Å². The second-order valence-electron chi connectivity index (χ2n) is 13.8. The van der Waals surface area contributed by atoms with Crippen LogP contribution in [0.1, 0.15) is 83.0 Å². The summed E-state index contributed by atoms with van der Waals surface area (Å²) < 4.78 is 18.8. The van der Waals surface area contributed by atoms with Crippen molar-refractivity contribution in [1.82, 2.24) is 9.88 Å². The number of carbonyl (C=O) groups is 2. The first-order valence-electron chi connectivity index (χ1n) is 14.7. The van der Waals surface area contributed by atoms with Gasteiger partial charge in [0.2, 0.25) is 5.56 Å². The summed E-state index contributed by atoms with van der Waals surface area (Å²) in [6.45, 7) is 19.7. The van der Waals surface area contributed by atoms with Crippen LogP contribution in [0.2, 0.25) is 18.1 Å². The van der Waals surface area contributed by atoms with Crippen LogP contribution in [0.4, 0.5) is 4.79 Å². The fourth-order valence-electron chi connectivity index (χ4n) is 4.39. The first-order valence-corrected chi connectivity index (χ1v) is 17.6. The van der Waals surface area contributed by atoms with Crippen molar-refractivity contribution in [3.8, 4) is 11.5 Å². The topological polar surface area (TPSA) is 138 Å². The van der Waals surface area contributed by atoms with Crippen molar-refractivity contribution in [1.29, 1.82) is 0 Å². The van der Waals surface area contributed by atoms with Gasteiger partial charge in [0.1, 0.15) is 17.1 Å². The smallest absolute Gasteiger partial charge is 0.410 e. The number of aromatic amines is 1. The summed E-state index contributed by atoms with van der Waals surface area (Å²) in [6, 6.07) is 10.9. The van der Waals surface area contributed by atoms with Crippen molar-refractivity contribution in [2.75, 3.05) is 6.54 Å². The third kappa shape index (κ3) is 8.63. The predicted octanol–water partition coefficient (Wildman–Crippen LogP) is 7.22. The molecule has 3 N–H and O–H groups in total. The molecule has 0 aliphatic heterocycles. The maximum absolute atomic E-state index is 13.8. The Morgan fingerprint density at radius 1 is 1.00 bits per heavy atom. The number of nitrogens with zero attached hydrogens (tertiary/aromatic N) is 1. The van der Waals surface area contributed by atoms with Gasteiger partial charge in [-0.05, 0) is 82.6 Å². The third-order valence-corrected chi connectivity index (χ3v) is 12.1. The van der Waals surface area contributed by atoms with E-state index in [1.54, 1.807) is 39.0 Å². The Labute approximate surface area is 260 Å². The largest absolute Gasteiger partial charge is 0.506 e. The third-order valence-electron chi connectivity index (χ3n) is 7.57.